The van der Waals surface area contributed by atoms with E-state index in [9.17, 15) is 0 Å². The molecule has 0 saturated heterocycles. The average Bonchev–Trinajstić information content (AvgIpc) is 2.17. The van der Waals surface area contributed by atoms with E-state index in [4.69, 9.17) is 5.11 Å². The van der Waals surface area contributed by atoms with Crippen molar-refractivity contribution in [3.8, 4) is 0 Å². The Bertz CT molecular complexity index is 244. The van der Waals surface area contributed by atoms with Crippen LogP contribution in [0.15, 0.2) is 30.3 Å². The smallest absolute Gasteiger partial charge is 0.0776 e. The van der Waals surface area contributed by atoms with E-state index in [1.807, 2.05) is 6.07 Å². The first kappa shape index (κ1) is 10.5. The highest BCUT2D eigenvalue weighted by atomic mass is 28.3. The topological polar surface area (TPSA) is 20.2 Å². The number of hydrogen-bond acceptors (Lipinski definition) is 1. The van der Waals surface area contributed by atoms with Gasteiger partial charge in [-0.25, -0.2) is 0 Å². The highest BCUT2D eigenvalue weighted by Gasteiger charge is 2.18. The minimum atomic E-state index is -1.30. The first-order valence-electron chi connectivity index (χ1n) is 4.79. The molecule has 0 aliphatic carbocycles. The molecule has 0 bridgehead atoms. The summed E-state index contributed by atoms with van der Waals surface area (Å²) in [7, 11) is -1.30. The maximum Gasteiger partial charge on any atom is 0.0776 e. The van der Waals surface area contributed by atoms with Gasteiger partial charge in [-0.15, -0.1) is 0 Å². The minimum Gasteiger partial charge on any atom is -0.400 e. The molecule has 0 radical (unpaired) electrons. The van der Waals surface area contributed by atoms with Gasteiger partial charge in [-0.3, -0.25) is 0 Å². The molecule has 1 aromatic rings. The third-order valence-electron chi connectivity index (χ3n) is 2.36. The van der Waals surface area contributed by atoms with Crippen LogP contribution in [0.4, 0.5) is 0 Å². The number of aliphatic hydroxyl groups excluding tert-OH is 1. The summed E-state index contributed by atoms with van der Waals surface area (Å²) in [6.45, 7) is 4.46. The summed E-state index contributed by atoms with van der Waals surface area (Å²) in [5.74, 6) is 0. The Morgan fingerprint density at radius 1 is 1.15 bits per heavy atom. The van der Waals surface area contributed by atoms with Crippen LogP contribution in [0.2, 0.25) is 19.1 Å². The fourth-order valence-corrected chi connectivity index (χ4v) is 2.33. The Labute approximate surface area is 81.4 Å². The number of rotatable bonds is 4. The third kappa shape index (κ3) is 3.74. The molecule has 0 unspecified atom stereocenters. The zero-order valence-corrected chi connectivity index (χ0v) is 9.46. The summed E-state index contributed by atoms with van der Waals surface area (Å²) in [5.41, 5.74) is 1.39. The molecule has 0 aliphatic heterocycles. The van der Waals surface area contributed by atoms with Crippen LogP contribution in [0, 0.1) is 0 Å². The predicted octanol–water partition coefficient (Wildman–Crippen LogP) is 2.47. The van der Waals surface area contributed by atoms with Crippen molar-refractivity contribution in [1.29, 1.82) is 0 Å². The molecule has 0 fully saturated rings. The summed E-state index contributed by atoms with van der Waals surface area (Å²) in [6.07, 6.45) is 1.51. The standard InChI is InChI=1S/C11H18OSi/c1-13(2,10-12)9-8-11-6-4-3-5-7-11/h3-7,12H,8-10H2,1-2H3. The highest BCUT2D eigenvalue weighted by Crippen LogP contribution is 2.12. The second-order valence-corrected chi connectivity index (χ2v) is 9.45. The monoisotopic (exact) mass is 194 g/mol. The third-order valence-corrected chi connectivity index (χ3v) is 4.82. The average molecular weight is 194 g/mol. The maximum atomic E-state index is 9.13. The van der Waals surface area contributed by atoms with Gasteiger partial charge >= 0.3 is 0 Å². The number of benzene rings is 1. The van der Waals surface area contributed by atoms with Crippen molar-refractivity contribution < 1.29 is 5.11 Å². The summed E-state index contributed by atoms with van der Waals surface area (Å²) in [6, 6.07) is 11.7. The molecule has 1 aromatic carbocycles. The van der Waals surface area contributed by atoms with E-state index < -0.39 is 8.07 Å². The van der Waals surface area contributed by atoms with E-state index in [2.05, 4.69) is 37.4 Å². The Morgan fingerprint density at radius 2 is 1.77 bits per heavy atom. The first-order chi connectivity index (χ1) is 6.14. The predicted molar refractivity (Wildman–Crippen MR) is 59.5 cm³/mol. The number of aliphatic hydroxyl groups is 1. The van der Waals surface area contributed by atoms with Crippen LogP contribution in [-0.2, 0) is 6.42 Å². The normalized spacial score (nSPS) is 11.6. The van der Waals surface area contributed by atoms with Crippen LogP contribution < -0.4 is 0 Å². The second-order valence-electron chi connectivity index (χ2n) is 4.31. The lowest BCUT2D eigenvalue weighted by Gasteiger charge is -2.18. The van der Waals surface area contributed by atoms with Gasteiger partial charge in [0, 0.05) is 6.23 Å². The zero-order valence-electron chi connectivity index (χ0n) is 8.46. The van der Waals surface area contributed by atoms with Crippen molar-refractivity contribution >= 4 is 8.07 Å². The van der Waals surface area contributed by atoms with E-state index in [0.717, 1.165) is 6.42 Å². The molecule has 0 atom stereocenters. The zero-order chi connectivity index (χ0) is 9.73. The first-order valence-corrected chi connectivity index (χ1v) is 8.20. The van der Waals surface area contributed by atoms with Crippen LogP contribution in [0.3, 0.4) is 0 Å². The van der Waals surface area contributed by atoms with E-state index in [0.29, 0.717) is 6.23 Å². The Hall–Kier alpha value is -0.603. The van der Waals surface area contributed by atoms with Crippen molar-refractivity contribution in [2.75, 3.05) is 6.23 Å². The molecule has 72 valence electrons. The summed E-state index contributed by atoms with van der Waals surface area (Å²) in [4.78, 5) is 0. The molecule has 0 aromatic heterocycles. The van der Waals surface area contributed by atoms with Crippen LogP contribution in [0.1, 0.15) is 5.56 Å². The SMILES string of the molecule is C[Si](C)(CO)CCc1ccccc1. The Kier molecular flexibility index (Phi) is 3.69. The molecular weight excluding hydrogens is 176 g/mol. The van der Waals surface area contributed by atoms with Gasteiger partial charge in [-0.1, -0.05) is 49.5 Å². The molecule has 1 nitrogen and oxygen atoms in total. The molecule has 1 rings (SSSR count). The van der Waals surface area contributed by atoms with E-state index in [1.165, 1.54) is 11.6 Å². The van der Waals surface area contributed by atoms with E-state index >= 15 is 0 Å². The van der Waals surface area contributed by atoms with Crippen LogP contribution >= 0.6 is 0 Å². The molecule has 0 heterocycles. The van der Waals surface area contributed by atoms with Gasteiger partial charge in [0.25, 0.3) is 0 Å². The van der Waals surface area contributed by atoms with E-state index in [1.54, 1.807) is 0 Å². The molecular formula is C11H18OSi. The van der Waals surface area contributed by atoms with Gasteiger partial charge in [-0.05, 0) is 12.0 Å². The molecule has 0 saturated carbocycles. The lowest BCUT2D eigenvalue weighted by molar-refractivity contribution is 0.357. The van der Waals surface area contributed by atoms with Crippen molar-refractivity contribution in [2.24, 2.45) is 0 Å². The fraction of sp³-hybridized carbons (Fsp3) is 0.455. The summed E-state index contributed by atoms with van der Waals surface area (Å²) < 4.78 is 0. The summed E-state index contributed by atoms with van der Waals surface area (Å²) in [5, 5.41) is 9.13. The molecule has 0 aliphatic rings. The molecule has 0 amide bonds. The van der Waals surface area contributed by atoms with Crippen molar-refractivity contribution in [3.05, 3.63) is 35.9 Å². The van der Waals surface area contributed by atoms with Crippen molar-refractivity contribution in [3.63, 3.8) is 0 Å². The lowest BCUT2D eigenvalue weighted by atomic mass is 10.2. The summed E-state index contributed by atoms with van der Waals surface area (Å²) >= 11 is 0. The highest BCUT2D eigenvalue weighted by molar-refractivity contribution is 6.77. The van der Waals surface area contributed by atoms with Gasteiger partial charge in [0.1, 0.15) is 0 Å². The largest absolute Gasteiger partial charge is 0.400 e. The Morgan fingerprint density at radius 3 is 2.31 bits per heavy atom. The maximum absolute atomic E-state index is 9.13. The molecule has 2 heteroatoms. The second kappa shape index (κ2) is 4.58. The van der Waals surface area contributed by atoms with E-state index in [-0.39, 0.29) is 0 Å². The van der Waals surface area contributed by atoms with Crippen LogP contribution in [0.25, 0.3) is 0 Å². The van der Waals surface area contributed by atoms with Gasteiger partial charge in [0.05, 0.1) is 8.07 Å². The van der Waals surface area contributed by atoms with Gasteiger partial charge in [-0.2, -0.15) is 0 Å². The van der Waals surface area contributed by atoms with Crippen molar-refractivity contribution in [2.45, 2.75) is 25.6 Å². The van der Waals surface area contributed by atoms with Crippen LogP contribution in [-0.4, -0.2) is 19.4 Å². The van der Waals surface area contributed by atoms with Crippen molar-refractivity contribution in [1.82, 2.24) is 0 Å². The van der Waals surface area contributed by atoms with Crippen LogP contribution in [0.5, 0.6) is 0 Å². The quantitative estimate of drug-likeness (QED) is 0.730. The van der Waals surface area contributed by atoms with Gasteiger partial charge < -0.3 is 5.11 Å². The lowest BCUT2D eigenvalue weighted by Crippen LogP contribution is -2.31. The number of aryl methyl sites for hydroxylation is 1. The van der Waals surface area contributed by atoms with Gasteiger partial charge in [0.2, 0.25) is 0 Å². The molecule has 13 heavy (non-hydrogen) atoms. The number of hydrogen-bond donors (Lipinski definition) is 1. The minimum absolute atomic E-state index is 0.403. The molecule has 0 spiro atoms. The Balaban J connectivity index is 2.44. The molecule has 1 N–H and O–H groups in total. The fourth-order valence-electron chi connectivity index (χ4n) is 1.21. The van der Waals surface area contributed by atoms with Gasteiger partial charge in [0.15, 0.2) is 0 Å².